The average molecular weight is 380 g/mol. The van der Waals surface area contributed by atoms with Crippen LogP contribution in [0, 0.1) is 6.92 Å². The topological polar surface area (TPSA) is 19.0 Å². The van der Waals surface area contributed by atoms with Gasteiger partial charge in [-0.15, -0.1) is 0 Å². The maximum atomic E-state index is 5.55. The summed E-state index contributed by atoms with van der Waals surface area (Å²) in [7, 11) is 1.77. The minimum absolute atomic E-state index is 0.683. The SMILES string of the molecule is COc1ccccc1CN1CCCC(N2CCN(c3ccccc3C)CC2)C1. The molecular formula is C24H33N3O. The van der Waals surface area contributed by atoms with Crippen LogP contribution in [-0.4, -0.2) is 62.2 Å². The molecule has 28 heavy (non-hydrogen) atoms. The highest BCUT2D eigenvalue weighted by Crippen LogP contribution is 2.25. The van der Waals surface area contributed by atoms with E-state index >= 15 is 0 Å². The summed E-state index contributed by atoms with van der Waals surface area (Å²) in [5.74, 6) is 1.01. The van der Waals surface area contributed by atoms with Gasteiger partial charge in [0.15, 0.2) is 0 Å². The number of hydrogen-bond acceptors (Lipinski definition) is 4. The first-order valence-corrected chi connectivity index (χ1v) is 10.6. The van der Waals surface area contributed by atoms with Gasteiger partial charge >= 0.3 is 0 Å². The third-order valence-corrected chi connectivity index (χ3v) is 6.35. The molecule has 0 N–H and O–H groups in total. The van der Waals surface area contributed by atoms with Crippen molar-refractivity contribution >= 4 is 5.69 Å². The number of nitrogens with zero attached hydrogens (tertiary/aromatic N) is 3. The van der Waals surface area contributed by atoms with Crippen LogP contribution in [0.3, 0.4) is 0 Å². The van der Waals surface area contributed by atoms with Gasteiger partial charge in [-0.25, -0.2) is 0 Å². The van der Waals surface area contributed by atoms with Gasteiger partial charge in [0.05, 0.1) is 7.11 Å². The van der Waals surface area contributed by atoms with E-state index in [0.29, 0.717) is 6.04 Å². The van der Waals surface area contributed by atoms with Gasteiger partial charge in [0, 0.05) is 56.6 Å². The second-order valence-corrected chi connectivity index (χ2v) is 8.15. The molecule has 2 aliphatic heterocycles. The first-order chi connectivity index (χ1) is 13.7. The molecule has 4 nitrogen and oxygen atoms in total. The summed E-state index contributed by atoms with van der Waals surface area (Å²) in [5, 5.41) is 0. The van der Waals surface area contributed by atoms with E-state index in [4.69, 9.17) is 4.74 Å². The fourth-order valence-corrected chi connectivity index (χ4v) is 4.79. The van der Waals surface area contributed by atoms with E-state index in [1.54, 1.807) is 7.11 Å². The predicted molar refractivity (Wildman–Crippen MR) is 116 cm³/mol. The van der Waals surface area contributed by atoms with E-state index in [0.717, 1.165) is 25.4 Å². The lowest BCUT2D eigenvalue weighted by Crippen LogP contribution is -2.55. The van der Waals surface area contributed by atoms with Gasteiger partial charge in [0.2, 0.25) is 0 Å². The van der Waals surface area contributed by atoms with Crippen molar-refractivity contribution in [3.8, 4) is 5.75 Å². The summed E-state index contributed by atoms with van der Waals surface area (Å²) in [5.41, 5.74) is 4.09. The number of methoxy groups -OCH3 is 1. The van der Waals surface area contributed by atoms with Crippen LogP contribution in [0.25, 0.3) is 0 Å². The van der Waals surface area contributed by atoms with E-state index in [9.17, 15) is 0 Å². The molecule has 0 amide bonds. The minimum Gasteiger partial charge on any atom is -0.496 e. The lowest BCUT2D eigenvalue weighted by atomic mass is 10.0. The Bertz CT molecular complexity index is 770. The molecule has 1 atom stereocenters. The largest absolute Gasteiger partial charge is 0.496 e. The molecule has 4 heteroatoms. The van der Waals surface area contributed by atoms with E-state index in [2.05, 4.69) is 70.2 Å². The van der Waals surface area contributed by atoms with Crippen molar-refractivity contribution in [3.63, 3.8) is 0 Å². The fraction of sp³-hybridized carbons (Fsp3) is 0.500. The molecule has 2 saturated heterocycles. The van der Waals surface area contributed by atoms with Crippen molar-refractivity contribution in [1.82, 2.24) is 9.80 Å². The van der Waals surface area contributed by atoms with Gasteiger partial charge in [0.25, 0.3) is 0 Å². The number of aryl methyl sites for hydroxylation is 1. The lowest BCUT2D eigenvalue weighted by molar-refractivity contribution is 0.0883. The van der Waals surface area contributed by atoms with Gasteiger partial charge < -0.3 is 9.64 Å². The van der Waals surface area contributed by atoms with Crippen molar-refractivity contribution < 1.29 is 4.74 Å². The summed E-state index contributed by atoms with van der Waals surface area (Å²) >= 11 is 0. The van der Waals surface area contributed by atoms with Crippen molar-refractivity contribution in [3.05, 3.63) is 59.7 Å². The van der Waals surface area contributed by atoms with Crippen LogP contribution in [0.5, 0.6) is 5.75 Å². The molecule has 2 aliphatic rings. The highest BCUT2D eigenvalue weighted by Gasteiger charge is 2.28. The highest BCUT2D eigenvalue weighted by molar-refractivity contribution is 5.53. The van der Waals surface area contributed by atoms with Gasteiger partial charge in [-0.2, -0.15) is 0 Å². The number of piperazine rings is 1. The molecule has 2 aromatic rings. The van der Waals surface area contributed by atoms with Crippen LogP contribution in [0.4, 0.5) is 5.69 Å². The van der Waals surface area contributed by atoms with Crippen LogP contribution < -0.4 is 9.64 Å². The smallest absolute Gasteiger partial charge is 0.123 e. The minimum atomic E-state index is 0.683. The maximum Gasteiger partial charge on any atom is 0.123 e. The second kappa shape index (κ2) is 8.97. The fourth-order valence-electron chi connectivity index (χ4n) is 4.79. The molecule has 4 rings (SSSR count). The van der Waals surface area contributed by atoms with E-state index in [1.807, 2.05) is 0 Å². The first kappa shape index (κ1) is 19.3. The van der Waals surface area contributed by atoms with Crippen LogP contribution in [0.1, 0.15) is 24.0 Å². The molecule has 0 saturated carbocycles. The molecule has 150 valence electrons. The normalized spacial score (nSPS) is 21.6. The Morgan fingerprint density at radius 2 is 1.68 bits per heavy atom. The Labute approximate surface area is 169 Å². The van der Waals surface area contributed by atoms with Gasteiger partial charge in [-0.1, -0.05) is 36.4 Å². The number of benzene rings is 2. The highest BCUT2D eigenvalue weighted by atomic mass is 16.5. The standard InChI is InChI=1S/C24H33N3O/c1-20-8-3-5-11-23(20)27-16-14-26(15-17-27)22-10-7-13-25(19-22)18-21-9-4-6-12-24(21)28-2/h3-6,8-9,11-12,22H,7,10,13-19H2,1-2H3. The van der Waals surface area contributed by atoms with Gasteiger partial charge in [0.1, 0.15) is 5.75 Å². The summed E-state index contributed by atoms with van der Waals surface area (Å²) in [4.78, 5) is 7.89. The Balaban J connectivity index is 1.33. The number of likely N-dealkylation sites (tertiary alicyclic amines) is 1. The summed E-state index contributed by atoms with van der Waals surface area (Å²) in [6, 6.07) is 17.9. The second-order valence-electron chi connectivity index (χ2n) is 8.15. The zero-order valence-electron chi connectivity index (χ0n) is 17.3. The summed E-state index contributed by atoms with van der Waals surface area (Å²) in [6.45, 7) is 10.2. The number of ether oxygens (including phenoxy) is 1. The van der Waals surface area contributed by atoms with E-state index in [1.165, 1.54) is 55.8 Å². The zero-order chi connectivity index (χ0) is 19.3. The molecule has 0 spiro atoms. The number of hydrogen-bond donors (Lipinski definition) is 0. The molecule has 2 fully saturated rings. The third kappa shape index (κ3) is 4.34. The quantitative estimate of drug-likeness (QED) is 0.787. The Hall–Kier alpha value is -2.04. The van der Waals surface area contributed by atoms with Crippen LogP contribution >= 0.6 is 0 Å². The molecule has 0 aliphatic carbocycles. The van der Waals surface area contributed by atoms with Crippen molar-refractivity contribution in [2.75, 3.05) is 51.3 Å². The van der Waals surface area contributed by atoms with Crippen molar-refractivity contribution in [2.24, 2.45) is 0 Å². The summed E-state index contributed by atoms with van der Waals surface area (Å²) in [6.07, 6.45) is 2.62. The lowest BCUT2D eigenvalue weighted by Gasteiger charge is -2.44. The van der Waals surface area contributed by atoms with Crippen LogP contribution in [0.15, 0.2) is 48.5 Å². The molecule has 0 aromatic heterocycles. The van der Waals surface area contributed by atoms with E-state index < -0.39 is 0 Å². The molecule has 2 aromatic carbocycles. The number of para-hydroxylation sites is 2. The number of rotatable bonds is 5. The third-order valence-electron chi connectivity index (χ3n) is 6.35. The molecule has 2 heterocycles. The molecular weight excluding hydrogens is 346 g/mol. The predicted octanol–water partition coefficient (Wildman–Crippen LogP) is 3.79. The Morgan fingerprint density at radius 3 is 2.46 bits per heavy atom. The summed E-state index contributed by atoms with van der Waals surface area (Å²) < 4.78 is 5.55. The molecule has 0 bridgehead atoms. The number of piperidine rings is 1. The van der Waals surface area contributed by atoms with Crippen molar-refractivity contribution in [2.45, 2.75) is 32.4 Å². The Morgan fingerprint density at radius 1 is 0.929 bits per heavy atom. The maximum absolute atomic E-state index is 5.55. The average Bonchev–Trinajstić information content (AvgIpc) is 2.75. The Kier molecular flexibility index (Phi) is 6.18. The van der Waals surface area contributed by atoms with Crippen LogP contribution in [0.2, 0.25) is 0 Å². The monoisotopic (exact) mass is 379 g/mol. The van der Waals surface area contributed by atoms with E-state index in [-0.39, 0.29) is 0 Å². The zero-order valence-corrected chi connectivity index (χ0v) is 17.3. The van der Waals surface area contributed by atoms with Crippen molar-refractivity contribution in [1.29, 1.82) is 0 Å². The van der Waals surface area contributed by atoms with Crippen LogP contribution in [-0.2, 0) is 6.54 Å². The first-order valence-electron chi connectivity index (χ1n) is 10.6. The van der Waals surface area contributed by atoms with Gasteiger partial charge in [-0.05, 0) is 44.0 Å². The number of anilines is 1. The molecule has 0 radical (unpaired) electrons. The molecule has 1 unspecified atom stereocenters. The van der Waals surface area contributed by atoms with Gasteiger partial charge in [-0.3, -0.25) is 9.80 Å².